The van der Waals surface area contributed by atoms with Crippen LogP contribution in [0.4, 0.5) is 0 Å². The number of rotatable bonds is 7. The van der Waals surface area contributed by atoms with Crippen LogP contribution in [0.3, 0.4) is 0 Å². The molecule has 0 aliphatic carbocycles. The van der Waals surface area contributed by atoms with Crippen molar-refractivity contribution in [3.63, 3.8) is 0 Å². The lowest BCUT2D eigenvalue weighted by Gasteiger charge is -2.26. The molecule has 2 fully saturated rings. The summed E-state index contributed by atoms with van der Waals surface area (Å²) >= 11 is 6.35. The number of amides is 3. The summed E-state index contributed by atoms with van der Waals surface area (Å²) in [6.07, 6.45) is 5.03. The standard InChI is InChI=1S/C22H22N2O5S2/c1-13(2)11-16(21(28)29)23-18(25)12-15(19(23)26)24-20(27)17(31-22(24)30)10-6-9-14-7-4-3-5-8-14/h3-10,13,15-16H,11-12H2,1-2H3,(H,28,29)/b9-6+,17-10-/t15-,16+/m0/s1. The van der Waals surface area contributed by atoms with E-state index in [1.807, 2.05) is 50.3 Å². The summed E-state index contributed by atoms with van der Waals surface area (Å²) in [6, 6.07) is 7.17. The van der Waals surface area contributed by atoms with Crippen LogP contribution in [-0.2, 0) is 19.2 Å². The molecule has 1 N–H and O–H groups in total. The molecule has 31 heavy (non-hydrogen) atoms. The van der Waals surface area contributed by atoms with Crippen molar-refractivity contribution < 1.29 is 24.3 Å². The zero-order valence-corrected chi connectivity index (χ0v) is 18.7. The first kappa shape index (κ1) is 22.9. The van der Waals surface area contributed by atoms with Crippen molar-refractivity contribution in [3.8, 4) is 0 Å². The fourth-order valence-electron chi connectivity index (χ4n) is 3.50. The van der Waals surface area contributed by atoms with Crippen LogP contribution < -0.4 is 0 Å². The Kier molecular flexibility index (Phi) is 7.07. The number of thioether (sulfide) groups is 1. The van der Waals surface area contributed by atoms with Crippen molar-refractivity contribution in [2.24, 2.45) is 5.92 Å². The number of likely N-dealkylation sites (tertiary alicyclic amines) is 1. The number of carbonyl (C=O) groups excluding carboxylic acids is 3. The third-order valence-corrected chi connectivity index (χ3v) is 6.27. The maximum absolute atomic E-state index is 13.0. The van der Waals surface area contributed by atoms with Crippen LogP contribution in [0.2, 0.25) is 0 Å². The van der Waals surface area contributed by atoms with Gasteiger partial charge >= 0.3 is 5.97 Å². The number of hydrogen-bond acceptors (Lipinski definition) is 6. The van der Waals surface area contributed by atoms with Gasteiger partial charge in [0.2, 0.25) is 5.91 Å². The molecule has 2 atom stereocenters. The normalized spacial score (nSPS) is 21.9. The van der Waals surface area contributed by atoms with Crippen LogP contribution in [0.25, 0.3) is 6.08 Å². The maximum atomic E-state index is 13.0. The molecule has 9 heteroatoms. The molecule has 2 aliphatic heterocycles. The van der Waals surface area contributed by atoms with Gasteiger partial charge in [-0.1, -0.05) is 80.3 Å². The summed E-state index contributed by atoms with van der Waals surface area (Å²) in [6.45, 7) is 3.63. The number of carboxylic acids is 1. The van der Waals surface area contributed by atoms with Gasteiger partial charge in [-0.3, -0.25) is 24.2 Å². The van der Waals surface area contributed by atoms with E-state index < -0.39 is 35.8 Å². The SMILES string of the molecule is CC(C)C[C@H](C(=O)O)N1C(=O)C[C@H](N2C(=O)/C(=C/C=C/c3ccccc3)SC2=S)C1=O. The van der Waals surface area contributed by atoms with Crippen LogP contribution in [0.1, 0.15) is 32.3 Å². The summed E-state index contributed by atoms with van der Waals surface area (Å²) < 4.78 is 0.174. The summed E-state index contributed by atoms with van der Waals surface area (Å²) in [7, 11) is 0. The molecule has 2 heterocycles. The van der Waals surface area contributed by atoms with Crippen molar-refractivity contribution in [2.75, 3.05) is 0 Å². The Hall–Kier alpha value is -2.78. The predicted molar refractivity (Wildman–Crippen MR) is 122 cm³/mol. The molecule has 1 aromatic rings. The van der Waals surface area contributed by atoms with Crippen molar-refractivity contribution in [1.29, 1.82) is 0 Å². The second kappa shape index (κ2) is 9.57. The van der Waals surface area contributed by atoms with Crippen LogP contribution in [0.15, 0.2) is 47.4 Å². The highest BCUT2D eigenvalue weighted by Crippen LogP contribution is 2.36. The lowest BCUT2D eigenvalue weighted by molar-refractivity contribution is -0.155. The highest BCUT2D eigenvalue weighted by atomic mass is 32.2. The van der Waals surface area contributed by atoms with E-state index in [2.05, 4.69) is 0 Å². The molecule has 0 aromatic heterocycles. The van der Waals surface area contributed by atoms with Crippen LogP contribution >= 0.6 is 24.0 Å². The monoisotopic (exact) mass is 458 g/mol. The second-order valence-corrected chi connectivity index (χ2v) is 9.33. The smallest absolute Gasteiger partial charge is 0.326 e. The van der Waals surface area contributed by atoms with Gasteiger partial charge in [0.25, 0.3) is 11.8 Å². The number of imide groups is 1. The quantitative estimate of drug-likeness (QED) is 0.381. The predicted octanol–water partition coefficient (Wildman–Crippen LogP) is 3.07. The fraction of sp³-hybridized carbons (Fsp3) is 0.318. The molecule has 0 unspecified atom stereocenters. The number of allylic oxidation sites excluding steroid dienone is 2. The number of thiocarbonyl (C=S) groups is 1. The Bertz CT molecular complexity index is 987. The van der Waals surface area contributed by atoms with Gasteiger partial charge in [-0.25, -0.2) is 4.79 Å². The van der Waals surface area contributed by atoms with E-state index in [1.54, 1.807) is 12.2 Å². The minimum atomic E-state index is -1.26. The van der Waals surface area contributed by atoms with Crippen LogP contribution in [-0.4, -0.2) is 55.0 Å². The Morgan fingerprint density at radius 3 is 2.55 bits per heavy atom. The topological polar surface area (TPSA) is 95.0 Å². The maximum Gasteiger partial charge on any atom is 0.326 e. The molecule has 0 spiro atoms. The number of carboxylic acid groups (broad SMARTS) is 1. The van der Waals surface area contributed by atoms with Crippen LogP contribution in [0, 0.1) is 5.92 Å². The molecular weight excluding hydrogens is 436 g/mol. The van der Waals surface area contributed by atoms with Gasteiger partial charge in [-0.15, -0.1) is 0 Å². The molecule has 162 valence electrons. The van der Waals surface area contributed by atoms with E-state index in [1.165, 1.54) is 0 Å². The number of nitrogens with zero attached hydrogens (tertiary/aromatic N) is 2. The van der Waals surface area contributed by atoms with E-state index in [-0.39, 0.29) is 23.1 Å². The third kappa shape index (κ3) is 4.94. The van der Waals surface area contributed by atoms with E-state index in [4.69, 9.17) is 12.2 Å². The molecule has 0 saturated carbocycles. The Morgan fingerprint density at radius 2 is 1.94 bits per heavy atom. The third-order valence-electron chi connectivity index (χ3n) is 4.92. The zero-order valence-electron chi connectivity index (χ0n) is 17.1. The van der Waals surface area contributed by atoms with Gasteiger partial charge < -0.3 is 5.11 Å². The molecule has 7 nitrogen and oxygen atoms in total. The Balaban J connectivity index is 1.79. The molecule has 2 aliphatic rings. The average molecular weight is 459 g/mol. The van der Waals surface area contributed by atoms with Crippen molar-refractivity contribution in [3.05, 3.63) is 53.0 Å². The number of benzene rings is 1. The Labute approximate surface area is 189 Å². The van der Waals surface area contributed by atoms with Gasteiger partial charge in [0.1, 0.15) is 16.4 Å². The first-order chi connectivity index (χ1) is 14.7. The summed E-state index contributed by atoms with van der Waals surface area (Å²) in [5.41, 5.74) is 0.964. The minimum Gasteiger partial charge on any atom is -0.480 e. The van der Waals surface area contributed by atoms with E-state index in [0.29, 0.717) is 4.91 Å². The van der Waals surface area contributed by atoms with Gasteiger partial charge in [0, 0.05) is 0 Å². The van der Waals surface area contributed by atoms with E-state index >= 15 is 0 Å². The minimum absolute atomic E-state index is 0.0308. The first-order valence-corrected chi connectivity index (χ1v) is 11.0. The molecule has 3 amide bonds. The molecular formula is C22H22N2O5S2. The zero-order chi connectivity index (χ0) is 22.7. The highest BCUT2D eigenvalue weighted by molar-refractivity contribution is 8.26. The number of hydrogen-bond donors (Lipinski definition) is 1. The largest absolute Gasteiger partial charge is 0.480 e. The lowest BCUT2D eigenvalue weighted by Crippen LogP contribution is -2.49. The summed E-state index contributed by atoms with van der Waals surface area (Å²) in [5, 5.41) is 9.53. The van der Waals surface area contributed by atoms with Gasteiger partial charge in [-0.05, 0) is 24.0 Å². The fourth-order valence-corrected chi connectivity index (χ4v) is 4.81. The van der Waals surface area contributed by atoms with E-state index in [9.17, 15) is 24.3 Å². The number of carbonyl (C=O) groups is 4. The lowest BCUT2D eigenvalue weighted by atomic mass is 10.0. The first-order valence-electron chi connectivity index (χ1n) is 9.78. The average Bonchev–Trinajstić information content (AvgIpc) is 3.15. The van der Waals surface area contributed by atoms with Gasteiger partial charge in [0.05, 0.1) is 11.3 Å². The van der Waals surface area contributed by atoms with E-state index in [0.717, 1.165) is 27.1 Å². The second-order valence-electron chi connectivity index (χ2n) is 7.65. The molecule has 1 aromatic carbocycles. The van der Waals surface area contributed by atoms with Gasteiger partial charge in [-0.2, -0.15) is 0 Å². The van der Waals surface area contributed by atoms with Gasteiger partial charge in [0.15, 0.2) is 0 Å². The molecule has 3 rings (SSSR count). The van der Waals surface area contributed by atoms with Crippen molar-refractivity contribution >= 4 is 58.1 Å². The summed E-state index contributed by atoms with van der Waals surface area (Å²) in [4.78, 5) is 52.3. The van der Waals surface area contributed by atoms with Crippen molar-refractivity contribution in [2.45, 2.75) is 38.8 Å². The molecule has 2 saturated heterocycles. The molecule has 0 bridgehead atoms. The number of aliphatic carboxylic acids is 1. The molecule has 0 radical (unpaired) electrons. The Morgan fingerprint density at radius 1 is 1.26 bits per heavy atom. The summed E-state index contributed by atoms with van der Waals surface area (Å²) in [5.74, 6) is -3.04. The van der Waals surface area contributed by atoms with Crippen LogP contribution in [0.5, 0.6) is 0 Å². The van der Waals surface area contributed by atoms with Crippen molar-refractivity contribution in [1.82, 2.24) is 9.80 Å². The highest BCUT2D eigenvalue weighted by Gasteiger charge is 2.51.